The molecule has 1 N–H and O–H groups in total. The molecule has 1 rings (SSSR count). The van der Waals surface area contributed by atoms with Crippen molar-refractivity contribution >= 4 is 0 Å². The maximum Gasteiger partial charge on any atom is 0.129 e. The van der Waals surface area contributed by atoms with Crippen LogP contribution in [0.1, 0.15) is 51.5 Å². The van der Waals surface area contributed by atoms with Crippen molar-refractivity contribution in [1.82, 2.24) is 5.32 Å². The van der Waals surface area contributed by atoms with Gasteiger partial charge in [-0.2, -0.15) is 0 Å². The van der Waals surface area contributed by atoms with Gasteiger partial charge in [0.1, 0.15) is 11.6 Å². The molecule has 3 heteroatoms. The standard InChI is InChI=1S/C17H27F2N/c1-4-6-7-13(5-2)10-16(20-3)11-14-8-9-15(18)12-17(14)19/h8-9,12-13,16,20H,4-7,10-11H2,1-3H3. The van der Waals surface area contributed by atoms with Gasteiger partial charge in [-0.15, -0.1) is 0 Å². The van der Waals surface area contributed by atoms with Gasteiger partial charge in [-0.3, -0.25) is 0 Å². The van der Waals surface area contributed by atoms with Gasteiger partial charge in [0.15, 0.2) is 0 Å². The fraction of sp³-hybridized carbons (Fsp3) is 0.647. The Bertz CT molecular complexity index is 393. The minimum absolute atomic E-state index is 0.247. The van der Waals surface area contributed by atoms with Gasteiger partial charge in [-0.1, -0.05) is 45.6 Å². The summed E-state index contributed by atoms with van der Waals surface area (Å²) in [5.74, 6) is -0.274. The number of hydrogen-bond donors (Lipinski definition) is 1. The van der Waals surface area contributed by atoms with Gasteiger partial charge in [0.25, 0.3) is 0 Å². The lowest BCUT2D eigenvalue weighted by Gasteiger charge is -2.22. The predicted molar refractivity (Wildman–Crippen MR) is 80.8 cm³/mol. The molecule has 0 aliphatic carbocycles. The molecule has 0 heterocycles. The summed E-state index contributed by atoms with van der Waals surface area (Å²) in [5.41, 5.74) is 0.594. The van der Waals surface area contributed by atoms with Crippen LogP contribution in [0.5, 0.6) is 0 Å². The molecule has 0 bridgehead atoms. The van der Waals surface area contributed by atoms with Crippen LogP contribution in [0.15, 0.2) is 18.2 Å². The molecule has 0 fully saturated rings. The largest absolute Gasteiger partial charge is 0.317 e. The van der Waals surface area contributed by atoms with Crippen molar-refractivity contribution in [3.63, 3.8) is 0 Å². The Kier molecular flexibility index (Phi) is 7.75. The molecule has 20 heavy (non-hydrogen) atoms. The molecule has 114 valence electrons. The zero-order chi connectivity index (χ0) is 15.0. The Hall–Kier alpha value is -0.960. The first kappa shape index (κ1) is 17.1. The molecule has 0 spiro atoms. The maximum atomic E-state index is 13.7. The van der Waals surface area contributed by atoms with E-state index in [-0.39, 0.29) is 6.04 Å². The summed E-state index contributed by atoms with van der Waals surface area (Å²) in [6, 6.07) is 4.11. The van der Waals surface area contributed by atoms with E-state index in [1.807, 2.05) is 7.05 Å². The first-order valence-electron chi connectivity index (χ1n) is 7.71. The smallest absolute Gasteiger partial charge is 0.129 e. The Morgan fingerprint density at radius 2 is 1.95 bits per heavy atom. The summed E-state index contributed by atoms with van der Waals surface area (Å²) in [4.78, 5) is 0. The molecule has 1 aromatic rings. The summed E-state index contributed by atoms with van der Waals surface area (Å²) < 4.78 is 26.6. The molecule has 0 saturated heterocycles. The van der Waals surface area contributed by atoms with Crippen LogP contribution < -0.4 is 5.32 Å². The summed E-state index contributed by atoms with van der Waals surface area (Å²) in [6.45, 7) is 4.42. The van der Waals surface area contributed by atoms with Crippen molar-refractivity contribution in [1.29, 1.82) is 0 Å². The topological polar surface area (TPSA) is 12.0 Å². The van der Waals surface area contributed by atoms with Crippen molar-refractivity contribution < 1.29 is 8.78 Å². The highest BCUT2D eigenvalue weighted by Gasteiger charge is 2.16. The van der Waals surface area contributed by atoms with E-state index in [2.05, 4.69) is 19.2 Å². The second kappa shape index (κ2) is 9.06. The molecule has 0 aromatic heterocycles. The number of nitrogens with one attached hydrogen (secondary N) is 1. The van der Waals surface area contributed by atoms with E-state index < -0.39 is 11.6 Å². The predicted octanol–water partition coefficient (Wildman–Crippen LogP) is 4.70. The van der Waals surface area contributed by atoms with Gasteiger partial charge in [0, 0.05) is 12.1 Å². The van der Waals surface area contributed by atoms with Gasteiger partial charge >= 0.3 is 0 Å². The summed E-state index contributed by atoms with van der Waals surface area (Å²) in [5, 5.41) is 3.27. The van der Waals surface area contributed by atoms with Crippen LogP contribution in [0.25, 0.3) is 0 Å². The molecular weight excluding hydrogens is 256 g/mol. The average molecular weight is 283 g/mol. The van der Waals surface area contributed by atoms with E-state index >= 15 is 0 Å². The van der Waals surface area contributed by atoms with Crippen LogP contribution in [0.4, 0.5) is 8.78 Å². The van der Waals surface area contributed by atoms with Crippen molar-refractivity contribution in [3.8, 4) is 0 Å². The van der Waals surface area contributed by atoms with Crippen LogP contribution in [-0.4, -0.2) is 13.1 Å². The molecule has 0 amide bonds. The average Bonchev–Trinajstić information content (AvgIpc) is 2.44. The van der Waals surface area contributed by atoms with E-state index in [0.29, 0.717) is 17.9 Å². The number of rotatable bonds is 9. The maximum absolute atomic E-state index is 13.7. The fourth-order valence-electron chi connectivity index (χ4n) is 2.64. The Morgan fingerprint density at radius 1 is 1.20 bits per heavy atom. The van der Waals surface area contributed by atoms with Crippen LogP contribution in [0.2, 0.25) is 0 Å². The van der Waals surface area contributed by atoms with Gasteiger partial charge < -0.3 is 5.32 Å². The Labute approximate surface area is 121 Å². The molecular formula is C17H27F2N. The molecule has 1 aromatic carbocycles. The highest BCUT2D eigenvalue weighted by molar-refractivity contribution is 5.19. The molecule has 0 aliphatic heterocycles. The zero-order valence-electron chi connectivity index (χ0n) is 12.9. The van der Waals surface area contributed by atoms with Gasteiger partial charge in [0.2, 0.25) is 0 Å². The summed E-state index contributed by atoms with van der Waals surface area (Å²) >= 11 is 0. The number of likely N-dealkylation sites (N-methyl/N-ethyl adjacent to an activating group) is 1. The molecule has 0 aliphatic rings. The number of benzene rings is 1. The SMILES string of the molecule is CCCCC(CC)CC(Cc1ccc(F)cc1F)NC. The van der Waals surface area contributed by atoms with Gasteiger partial charge in [0.05, 0.1) is 0 Å². The van der Waals surface area contributed by atoms with Crippen molar-refractivity contribution in [2.75, 3.05) is 7.05 Å². The number of unbranched alkanes of at least 4 members (excludes halogenated alkanes) is 1. The Morgan fingerprint density at radius 3 is 2.50 bits per heavy atom. The van der Waals surface area contributed by atoms with Gasteiger partial charge in [-0.05, 0) is 37.4 Å². The van der Waals surface area contributed by atoms with Crippen molar-refractivity contribution in [2.45, 2.75) is 58.4 Å². The zero-order valence-corrected chi connectivity index (χ0v) is 12.9. The highest BCUT2D eigenvalue weighted by atomic mass is 19.1. The third-order valence-corrected chi connectivity index (χ3v) is 4.05. The summed E-state index contributed by atoms with van der Waals surface area (Å²) in [7, 11) is 1.92. The number of hydrogen-bond acceptors (Lipinski definition) is 1. The Balaban J connectivity index is 2.61. The lowest BCUT2D eigenvalue weighted by atomic mass is 9.89. The first-order chi connectivity index (χ1) is 9.60. The third kappa shape index (κ3) is 5.58. The quantitative estimate of drug-likeness (QED) is 0.692. The minimum atomic E-state index is -0.512. The van der Waals surface area contributed by atoms with E-state index in [9.17, 15) is 8.78 Å². The fourth-order valence-corrected chi connectivity index (χ4v) is 2.64. The van der Waals surface area contributed by atoms with Crippen molar-refractivity contribution in [3.05, 3.63) is 35.4 Å². The monoisotopic (exact) mass is 283 g/mol. The molecule has 2 atom stereocenters. The second-order valence-corrected chi connectivity index (χ2v) is 5.58. The second-order valence-electron chi connectivity index (χ2n) is 5.58. The summed E-state index contributed by atoms with van der Waals surface area (Å²) in [6.07, 6.45) is 6.52. The normalized spacial score (nSPS) is 14.2. The lowest BCUT2D eigenvalue weighted by Crippen LogP contribution is -2.30. The third-order valence-electron chi connectivity index (χ3n) is 4.05. The molecule has 1 nitrogen and oxygen atoms in total. The molecule has 0 radical (unpaired) electrons. The first-order valence-corrected chi connectivity index (χ1v) is 7.71. The molecule has 2 unspecified atom stereocenters. The van der Waals surface area contributed by atoms with E-state index in [0.717, 1.165) is 18.9 Å². The van der Waals surface area contributed by atoms with Crippen LogP contribution in [-0.2, 0) is 6.42 Å². The van der Waals surface area contributed by atoms with Gasteiger partial charge in [-0.25, -0.2) is 8.78 Å². The lowest BCUT2D eigenvalue weighted by molar-refractivity contribution is 0.356. The van der Waals surface area contributed by atoms with Crippen molar-refractivity contribution in [2.24, 2.45) is 5.92 Å². The number of halogens is 2. The highest BCUT2D eigenvalue weighted by Crippen LogP contribution is 2.21. The van der Waals surface area contributed by atoms with Crippen LogP contribution >= 0.6 is 0 Å². The van der Waals surface area contributed by atoms with Crippen LogP contribution in [0, 0.1) is 17.6 Å². The van der Waals surface area contributed by atoms with Crippen LogP contribution in [0.3, 0.4) is 0 Å². The minimum Gasteiger partial charge on any atom is -0.317 e. The van der Waals surface area contributed by atoms with E-state index in [1.54, 1.807) is 6.07 Å². The van der Waals surface area contributed by atoms with E-state index in [4.69, 9.17) is 0 Å². The molecule has 0 saturated carbocycles. The van der Waals surface area contributed by atoms with E-state index in [1.165, 1.54) is 25.3 Å².